The number of nitrogens with two attached hydrogens (primary N) is 1. The van der Waals surface area contributed by atoms with Crippen molar-refractivity contribution < 1.29 is 14.3 Å². The largest absolute Gasteiger partial charge is 0.496 e. The highest BCUT2D eigenvalue weighted by Gasteiger charge is 2.14. The van der Waals surface area contributed by atoms with Crippen LogP contribution in [0.4, 0.5) is 5.69 Å². The third-order valence-corrected chi connectivity index (χ3v) is 4.06. The Balaban J connectivity index is 2.02. The molecule has 0 aliphatic carbocycles. The molecule has 6 heteroatoms. The predicted molar refractivity (Wildman–Crippen MR) is 96.2 cm³/mol. The second-order valence-electron chi connectivity index (χ2n) is 5.38. The number of aryl methyl sites for hydroxylation is 1. The lowest BCUT2D eigenvalue weighted by Gasteiger charge is -2.12. The lowest BCUT2D eigenvalue weighted by atomic mass is 10.1. The van der Waals surface area contributed by atoms with Crippen LogP contribution in [-0.4, -0.2) is 26.7 Å². The average Bonchev–Trinajstić information content (AvgIpc) is 2.58. The Kier molecular flexibility index (Phi) is 5.93. The number of carbonyl (C=O) groups is 1. The van der Waals surface area contributed by atoms with Gasteiger partial charge < -0.3 is 20.5 Å². The van der Waals surface area contributed by atoms with E-state index in [-0.39, 0.29) is 5.91 Å². The van der Waals surface area contributed by atoms with E-state index in [1.54, 1.807) is 13.2 Å². The van der Waals surface area contributed by atoms with Crippen LogP contribution < -0.4 is 20.5 Å². The molecule has 0 radical (unpaired) electrons. The fourth-order valence-electron chi connectivity index (χ4n) is 2.35. The average molecular weight is 349 g/mol. The number of methoxy groups -OCH3 is 2. The van der Waals surface area contributed by atoms with Gasteiger partial charge in [-0.2, -0.15) is 0 Å². The first-order valence-electron chi connectivity index (χ1n) is 7.51. The zero-order valence-corrected chi connectivity index (χ0v) is 14.7. The number of halogens is 1. The van der Waals surface area contributed by atoms with Crippen molar-refractivity contribution in [3.8, 4) is 11.5 Å². The summed E-state index contributed by atoms with van der Waals surface area (Å²) in [6.07, 6.45) is 0.688. The van der Waals surface area contributed by atoms with E-state index in [9.17, 15) is 4.79 Å². The highest BCUT2D eigenvalue weighted by molar-refractivity contribution is 6.33. The standard InChI is InChI=1S/C18H21ClN2O3/c1-11-4-5-12(8-16(11)23-2)6-7-21-18(22)13-9-14(19)15(20)10-17(13)24-3/h4-5,8-10H,6-7,20H2,1-3H3,(H,21,22). The molecular formula is C18H21ClN2O3. The van der Waals surface area contributed by atoms with Gasteiger partial charge in [0.25, 0.3) is 5.91 Å². The van der Waals surface area contributed by atoms with Crippen LogP contribution >= 0.6 is 11.6 Å². The van der Waals surface area contributed by atoms with E-state index in [0.717, 1.165) is 16.9 Å². The molecule has 0 heterocycles. The van der Waals surface area contributed by atoms with Gasteiger partial charge in [-0.25, -0.2) is 0 Å². The molecule has 128 valence electrons. The first kappa shape index (κ1) is 17.9. The van der Waals surface area contributed by atoms with E-state index in [4.69, 9.17) is 26.8 Å². The van der Waals surface area contributed by atoms with Gasteiger partial charge >= 0.3 is 0 Å². The number of hydrogen-bond acceptors (Lipinski definition) is 4. The fourth-order valence-corrected chi connectivity index (χ4v) is 2.51. The number of hydrogen-bond donors (Lipinski definition) is 2. The van der Waals surface area contributed by atoms with E-state index >= 15 is 0 Å². The van der Waals surface area contributed by atoms with Crippen LogP contribution in [0.15, 0.2) is 30.3 Å². The first-order chi connectivity index (χ1) is 11.5. The summed E-state index contributed by atoms with van der Waals surface area (Å²) in [4.78, 5) is 12.3. The van der Waals surface area contributed by atoms with Crippen molar-refractivity contribution in [2.45, 2.75) is 13.3 Å². The summed E-state index contributed by atoms with van der Waals surface area (Å²) in [5, 5.41) is 3.19. The molecule has 0 saturated carbocycles. The van der Waals surface area contributed by atoms with Gasteiger partial charge in [-0.05, 0) is 36.6 Å². The molecular weight excluding hydrogens is 328 g/mol. The molecule has 2 aromatic carbocycles. The highest BCUT2D eigenvalue weighted by atomic mass is 35.5. The molecule has 0 aliphatic heterocycles. The Morgan fingerprint density at radius 1 is 1.17 bits per heavy atom. The first-order valence-corrected chi connectivity index (χ1v) is 7.88. The summed E-state index contributed by atoms with van der Waals surface area (Å²) < 4.78 is 10.5. The maximum Gasteiger partial charge on any atom is 0.255 e. The van der Waals surface area contributed by atoms with Gasteiger partial charge in [-0.3, -0.25) is 4.79 Å². The van der Waals surface area contributed by atoms with Crippen LogP contribution in [0, 0.1) is 6.92 Å². The zero-order chi connectivity index (χ0) is 17.7. The molecule has 3 N–H and O–H groups in total. The van der Waals surface area contributed by atoms with Crippen molar-refractivity contribution in [1.29, 1.82) is 0 Å². The second-order valence-corrected chi connectivity index (χ2v) is 5.79. The minimum atomic E-state index is -0.257. The number of carbonyl (C=O) groups excluding carboxylic acids is 1. The molecule has 0 bridgehead atoms. The van der Waals surface area contributed by atoms with Crippen molar-refractivity contribution in [2.75, 3.05) is 26.5 Å². The Morgan fingerprint density at radius 3 is 2.54 bits per heavy atom. The smallest absolute Gasteiger partial charge is 0.255 e. The third kappa shape index (κ3) is 4.11. The fraction of sp³-hybridized carbons (Fsp3) is 0.278. The number of anilines is 1. The molecule has 0 unspecified atom stereocenters. The van der Waals surface area contributed by atoms with Crippen molar-refractivity contribution in [1.82, 2.24) is 5.32 Å². The molecule has 0 aliphatic rings. The number of nitrogens with one attached hydrogen (secondary N) is 1. The monoisotopic (exact) mass is 348 g/mol. The molecule has 2 rings (SSSR count). The summed E-state index contributed by atoms with van der Waals surface area (Å²) in [7, 11) is 3.13. The van der Waals surface area contributed by atoms with Crippen LogP contribution in [0.1, 0.15) is 21.5 Å². The van der Waals surface area contributed by atoms with Gasteiger partial charge in [0, 0.05) is 12.6 Å². The SMILES string of the molecule is COc1cc(CCNC(=O)c2cc(Cl)c(N)cc2OC)ccc1C. The molecule has 1 amide bonds. The van der Waals surface area contributed by atoms with E-state index in [0.29, 0.717) is 35.0 Å². The minimum absolute atomic E-state index is 0.257. The van der Waals surface area contributed by atoms with Crippen molar-refractivity contribution in [3.05, 3.63) is 52.0 Å². The molecule has 24 heavy (non-hydrogen) atoms. The Hall–Kier alpha value is -2.40. The highest BCUT2D eigenvalue weighted by Crippen LogP contribution is 2.28. The van der Waals surface area contributed by atoms with Crippen molar-refractivity contribution >= 4 is 23.2 Å². The number of ether oxygens (including phenoxy) is 2. The number of amides is 1. The lowest BCUT2D eigenvalue weighted by Crippen LogP contribution is -2.26. The van der Waals surface area contributed by atoms with Gasteiger partial charge in [0.15, 0.2) is 0 Å². The molecule has 2 aromatic rings. The van der Waals surface area contributed by atoms with E-state index < -0.39 is 0 Å². The van der Waals surface area contributed by atoms with Crippen LogP contribution in [0.25, 0.3) is 0 Å². The maximum absolute atomic E-state index is 12.3. The topological polar surface area (TPSA) is 73.6 Å². The summed E-state index contributed by atoms with van der Waals surface area (Å²) in [6.45, 7) is 2.47. The van der Waals surface area contributed by atoms with Gasteiger partial charge in [0.2, 0.25) is 0 Å². The number of nitrogen functional groups attached to an aromatic ring is 1. The Morgan fingerprint density at radius 2 is 1.88 bits per heavy atom. The number of benzene rings is 2. The maximum atomic E-state index is 12.3. The molecule has 0 fully saturated rings. The molecule has 0 spiro atoms. The summed E-state index contributed by atoms with van der Waals surface area (Å²) in [5.41, 5.74) is 8.62. The Labute approximate surface area is 146 Å². The van der Waals surface area contributed by atoms with E-state index in [2.05, 4.69) is 5.32 Å². The van der Waals surface area contributed by atoms with Crippen LogP contribution in [0.5, 0.6) is 11.5 Å². The lowest BCUT2D eigenvalue weighted by molar-refractivity contribution is 0.0951. The van der Waals surface area contributed by atoms with Crippen molar-refractivity contribution in [3.63, 3.8) is 0 Å². The summed E-state index contributed by atoms with van der Waals surface area (Å²) >= 11 is 5.99. The zero-order valence-electron chi connectivity index (χ0n) is 14.0. The summed E-state index contributed by atoms with van der Waals surface area (Å²) in [6, 6.07) is 9.05. The van der Waals surface area contributed by atoms with Gasteiger partial charge in [0.05, 0.1) is 30.5 Å². The molecule has 0 saturated heterocycles. The predicted octanol–water partition coefficient (Wildman–Crippen LogP) is 3.22. The van der Waals surface area contributed by atoms with E-state index in [1.807, 2.05) is 25.1 Å². The van der Waals surface area contributed by atoms with Gasteiger partial charge in [0.1, 0.15) is 11.5 Å². The normalized spacial score (nSPS) is 10.3. The van der Waals surface area contributed by atoms with Crippen molar-refractivity contribution in [2.24, 2.45) is 0 Å². The quantitative estimate of drug-likeness (QED) is 0.786. The number of rotatable bonds is 6. The minimum Gasteiger partial charge on any atom is -0.496 e. The summed E-state index contributed by atoms with van der Waals surface area (Å²) in [5.74, 6) is 0.977. The van der Waals surface area contributed by atoms with Gasteiger partial charge in [-0.15, -0.1) is 0 Å². The molecule has 0 aromatic heterocycles. The molecule has 5 nitrogen and oxygen atoms in total. The van der Waals surface area contributed by atoms with Gasteiger partial charge in [-0.1, -0.05) is 23.7 Å². The Bertz CT molecular complexity index is 747. The molecule has 0 atom stereocenters. The van der Waals surface area contributed by atoms with Crippen LogP contribution in [-0.2, 0) is 6.42 Å². The van der Waals surface area contributed by atoms with E-state index in [1.165, 1.54) is 13.2 Å². The second kappa shape index (κ2) is 7.93. The van der Waals surface area contributed by atoms with Crippen LogP contribution in [0.3, 0.4) is 0 Å². The third-order valence-electron chi connectivity index (χ3n) is 3.74. The van der Waals surface area contributed by atoms with Crippen LogP contribution in [0.2, 0.25) is 5.02 Å².